The predicted octanol–water partition coefficient (Wildman–Crippen LogP) is 0.598. The van der Waals surface area contributed by atoms with E-state index >= 15 is 0 Å². The molecule has 0 amide bonds. The first-order chi connectivity index (χ1) is 4.88. The van der Waals surface area contributed by atoms with Crippen molar-refractivity contribution in [1.29, 1.82) is 0 Å². The molecule has 1 heterocycles. The van der Waals surface area contributed by atoms with Crippen LogP contribution in [0.2, 0.25) is 0 Å². The van der Waals surface area contributed by atoms with Crippen LogP contribution in [0.5, 0.6) is 0 Å². The molecule has 1 saturated heterocycles. The largest absolute Gasteiger partial charge is 0.546 e. The number of hydrogen-bond donors (Lipinski definition) is 0. The molecule has 1 fully saturated rings. The van der Waals surface area contributed by atoms with Crippen LogP contribution in [0.15, 0.2) is 0 Å². The summed E-state index contributed by atoms with van der Waals surface area (Å²) in [5.41, 5.74) is 0. The maximum atomic E-state index is 5.22. The molecule has 0 aromatic heterocycles. The molecule has 3 nitrogen and oxygen atoms in total. The van der Waals surface area contributed by atoms with E-state index in [2.05, 4.69) is 0 Å². The van der Waals surface area contributed by atoms with Crippen molar-refractivity contribution in [2.24, 2.45) is 0 Å². The minimum atomic E-state index is 0. The van der Waals surface area contributed by atoms with Crippen LogP contribution in [0, 0.1) is 37.7 Å². The summed E-state index contributed by atoms with van der Waals surface area (Å²) in [5, 5.41) is 0. The van der Waals surface area contributed by atoms with Gasteiger partial charge in [-0.05, 0) is 0 Å². The Morgan fingerprint density at radius 1 is 1.55 bits per heavy atom. The van der Waals surface area contributed by atoms with Gasteiger partial charge in [-0.1, -0.05) is 0 Å². The summed E-state index contributed by atoms with van der Waals surface area (Å²) in [6, 6.07) is 0. The summed E-state index contributed by atoms with van der Waals surface area (Å²) in [4.78, 5) is 0. The van der Waals surface area contributed by atoms with Gasteiger partial charge in [-0.15, -0.1) is 6.42 Å². The summed E-state index contributed by atoms with van der Waals surface area (Å²) in [6.45, 7) is 2.38. The summed E-state index contributed by atoms with van der Waals surface area (Å²) in [6.07, 6.45) is 1.14. The van der Waals surface area contributed by atoms with Crippen LogP contribution in [0.4, 0.5) is 0 Å². The van der Waals surface area contributed by atoms with Gasteiger partial charge in [-0.25, -0.2) is 6.61 Å². The first-order valence-corrected chi connectivity index (χ1v) is 3.37. The van der Waals surface area contributed by atoms with E-state index in [0.29, 0.717) is 6.61 Å². The van der Waals surface area contributed by atoms with Gasteiger partial charge in [-0.3, -0.25) is 0 Å². The van der Waals surface area contributed by atoms with Crippen LogP contribution in [-0.2, 0) is 14.2 Å². The van der Waals surface area contributed by atoms with E-state index in [0.717, 1.165) is 6.42 Å². The molecule has 0 radical (unpaired) electrons. The van der Waals surface area contributed by atoms with Crippen molar-refractivity contribution < 1.29 is 45.3 Å². The Morgan fingerprint density at radius 3 is 2.82 bits per heavy atom. The van der Waals surface area contributed by atoms with E-state index in [4.69, 9.17) is 14.2 Å². The van der Waals surface area contributed by atoms with Crippen LogP contribution in [-0.4, -0.2) is 33.0 Å². The molecule has 1 aliphatic heterocycles. The molecule has 1 aliphatic rings. The predicted molar refractivity (Wildman–Crippen MR) is 36.5 cm³/mol. The second kappa shape index (κ2) is 6.45. The van der Waals surface area contributed by atoms with E-state index in [-0.39, 0.29) is 43.3 Å². The molecule has 2 atom stereocenters. The van der Waals surface area contributed by atoms with Gasteiger partial charge in [0.05, 0.1) is 18.8 Å². The molecule has 1 unspecified atom stereocenters. The van der Waals surface area contributed by atoms with Crippen molar-refractivity contribution in [3.63, 3.8) is 0 Å². The molecule has 0 aromatic carbocycles. The number of rotatable bonds is 3. The third-order valence-electron chi connectivity index (χ3n) is 1.65. The fourth-order valence-electron chi connectivity index (χ4n) is 1.07. The Balaban J connectivity index is 0.000001000. The average molecular weight is 383 g/mol. The fraction of sp³-hybridized carbons (Fsp3) is 0.857. The summed E-state index contributed by atoms with van der Waals surface area (Å²) >= 11 is 0. The minimum Gasteiger partial charge on any atom is -0.546 e. The first kappa shape index (κ1) is 11.9. The quantitative estimate of drug-likeness (QED) is 0.669. The van der Waals surface area contributed by atoms with Gasteiger partial charge in [-0.2, -0.15) is 0 Å². The van der Waals surface area contributed by atoms with E-state index in [1.165, 1.54) is 0 Å². The molecular weight excluding hydrogens is 370 g/mol. The zero-order valence-corrected chi connectivity index (χ0v) is 11.0. The Hall–Kier alpha value is 0.932. The molecule has 0 bridgehead atoms. The second-order valence-corrected chi connectivity index (χ2v) is 2.31. The van der Waals surface area contributed by atoms with E-state index in [1.807, 2.05) is 0 Å². The van der Waals surface area contributed by atoms with Crippen LogP contribution in [0.25, 0.3) is 0 Å². The van der Waals surface area contributed by atoms with Gasteiger partial charge in [0.2, 0.25) is 0 Å². The molecule has 64 valence electrons. The van der Waals surface area contributed by atoms with Gasteiger partial charge in [0.25, 0.3) is 0 Å². The van der Waals surface area contributed by atoms with E-state index in [9.17, 15) is 0 Å². The summed E-state index contributed by atoms with van der Waals surface area (Å²) < 4.78 is 15.3. The van der Waals surface area contributed by atoms with Gasteiger partial charge in [0.15, 0.2) is 0 Å². The van der Waals surface area contributed by atoms with Crippen LogP contribution < -0.4 is 0 Å². The van der Waals surface area contributed by atoms with Crippen molar-refractivity contribution in [3.05, 3.63) is 6.61 Å². The van der Waals surface area contributed by atoms with Crippen LogP contribution in [0.1, 0.15) is 6.42 Å². The van der Waals surface area contributed by atoms with Crippen LogP contribution in [0.3, 0.4) is 0 Å². The molecule has 4 heteroatoms. The van der Waals surface area contributed by atoms with E-state index < -0.39 is 0 Å². The standard InChI is InChI=1S/C7H13O3.U/c1-8-5-7-6(9-2)3-4-10-7;/h4,6-7H,3,5H2,1-2H3;/q-1;/t6?,7-;/m1./s1. The third kappa shape index (κ3) is 3.44. The summed E-state index contributed by atoms with van der Waals surface area (Å²) in [7, 11) is 3.35. The number of methoxy groups -OCH3 is 2. The Labute approximate surface area is 91.1 Å². The molecule has 0 aliphatic carbocycles. The van der Waals surface area contributed by atoms with Gasteiger partial charge < -0.3 is 14.2 Å². The molecule has 11 heavy (non-hydrogen) atoms. The molecular formula is C7H13O3U-. The number of hydrogen-bond acceptors (Lipinski definition) is 3. The molecule has 0 saturated carbocycles. The van der Waals surface area contributed by atoms with Gasteiger partial charge in [0, 0.05) is 45.3 Å². The van der Waals surface area contributed by atoms with Crippen molar-refractivity contribution in [3.8, 4) is 0 Å². The monoisotopic (exact) mass is 383 g/mol. The molecule has 0 N–H and O–H groups in total. The Morgan fingerprint density at radius 2 is 2.27 bits per heavy atom. The number of ether oxygens (including phenoxy) is 3. The fourth-order valence-corrected chi connectivity index (χ4v) is 1.07. The average Bonchev–Trinajstić information content (AvgIpc) is 2.36. The Kier molecular flexibility index (Phi) is 6.99. The smallest absolute Gasteiger partial charge is 0.0720 e. The zero-order chi connectivity index (χ0) is 7.40. The maximum absolute atomic E-state index is 5.22. The van der Waals surface area contributed by atoms with E-state index in [1.54, 1.807) is 20.8 Å². The molecule has 1 rings (SSSR count). The molecule has 0 aromatic rings. The normalized spacial score (nSPS) is 30.0. The summed E-state index contributed by atoms with van der Waals surface area (Å²) in [5.74, 6) is 0. The first-order valence-electron chi connectivity index (χ1n) is 3.37. The SMILES string of the molecule is COC[C@H]1O[CH-]CC1OC.[U]. The van der Waals surface area contributed by atoms with Crippen molar-refractivity contribution in [2.75, 3.05) is 20.8 Å². The second-order valence-electron chi connectivity index (χ2n) is 2.31. The van der Waals surface area contributed by atoms with Crippen molar-refractivity contribution in [1.82, 2.24) is 0 Å². The van der Waals surface area contributed by atoms with Gasteiger partial charge >= 0.3 is 0 Å². The maximum Gasteiger partial charge on any atom is 0.0720 e. The Bertz CT molecular complexity index is 99.7. The topological polar surface area (TPSA) is 27.7 Å². The minimum absolute atomic E-state index is 0. The van der Waals surface area contributed by atoms with Crippen LogP contribution >= 0.6 is 0 Å². The van der Waals surface area contributed by atoms with Crippen molar-refractivity contribution in [2.45, 2.75) is 18.6 Å². The van der Waals surface area contributed by atoms with Gasteiger partial charge in [0.1, 0.15) is 0 Å². The molecule has 0 spiro atoms. The third-order valence-corrected chi connectivity index (χ3v) is 1.65. The van der Waals surface area contributed by atoms with Crippen molar-refractivity contribution >= 4 is 0 Å². The zero-order valence-electron chi connectivity index (χ0n) is 6.87.